The summed E-state index contributed by atoms with van der Waals surface area (Å²) in [7, 11) is 0. The first-order chi connectivity index (χ1) is 9.52. The summed E-state index contributed by atoms with van der Waals surface area (Å²) in [6.07, 6.45) is 2.43. The minimum atomic E-state index is -0.604. The molecule has 0 amide bonds. The van der Waals surface area contributed by atoms with E-state index in [9.17, 15) is 8.78 Å². The molecule has 6 heteroatoms. The number of nitrogen functional groups attached to an aromatic ring is 1. The van der Waals surface area contributed by atoms with Crippen molar-refractivity contribution < 1.29 is 8.78 Å². The molecule has 2 N–H and O–H groups in total. The first-order valence-electron chi connectivity index (χ1n) is 6.29. The number of rotatable bonds is 3. The molecule has 0 aliphatic heterocycles. The molecule has 3 rings (SSSR count). The highest BCUT2D eigenvalue weighted by molar-refractivity contribution is 9.10. The van der Waals surface area contributed by atoms with Gasteiger partial charge in [-0.15, -0.1) is 0 Å². The van der Waals surface area contributed by atoms with E-state index in [0.29, 0.717) is 23.1 Å². The van der Waals surface area contributed by atoms with E-state index in [2.05, 4.69) is 25.9 Å². The normalized spacial score (nSPS) is 14.6. The number of hydrogen-bond acceptors (Lipinski definition) is 3. The third kappa shape index (κ3) is 2.80. The lowest BCUT2D eigenvalue weighted by molar-refractivity contribution is 0.580. The molecule has 1 aliphatic carbocycles. The van der Waals surface area contributed by atoms with E-state index < -0.39 is 11.6 Å². The van der Waals surface area contributed by atoms with Crippen molar-refractivity contribution in [2.24, 2.45) is 0 Å². The van der Waals surface area contributed by atoms with Crippen LogP contribution in [0.3, 0.4) is 0 Å². The van der Waals surface area contributed by atoms with E-state index in [1.165, 1.54) is 12.1 Å². The van der Waals surface area contributed by atoms with Crippen molar-refractivity contribution in [1.82, 2.24) is 9.97 Å². The Morgan fingerprint density at radius 3 is 2.40 bits per heavy atom. The van der Waals surface area contributed by atoms with Crippen LogP contribution in [0.2, 0.25) is 0 Å². The van der Waals surface area contributed by atoms with Gasteiger partial charge in [-0.1, -0.05) is 0 Å². The molecule has 0 saturated heterocycles. The molecule has 0 radical (unpaired) electrons. The molecule has 3 nitrogen and oxygen atoms in total. The molecule has 1 aliphatic rings. The first kappa shape index (κ1) is 13.4. The fourth-order valence-corrected chi connectivity index (χ4v) is 2.64. The van der Waals surface area contributed by atoms with Crippen LogP contribution in [0.15, 0.2) is 22.7 Å². The average Bonchev–Trinajstić information content (AvgIpc) is 3.16. The van der Waals surface area contributed by atoms with Crippen molar-refractivity contribution in [1.29, 1.82) is 0 Å². The quantitative estimate of drug-likeness (QED) is 0.929. The van der Waals surface area contributed by atoms with Crippen molar-refractivity contribution >= 4 is 21.7 Å². The lowest BCUT2D eigenvalue weighted by Gasteiger charge is -2.08. The van der Waals surface area contributed by atoms with Crippen LogP contribution in [0.5, 0.6) is 0 Å². The van der Waals surface area contributed by atoms with Gasteiger partial charge in [-0.25, -0.2) is 18.7 Å². The first-order valence-corrected chi connectivity index (χ1v) is 7.09. The van der Waals surface area contributed by atoms with Gasteiger partial charge in [-0.2, -0.15) is 0 Å². The fourth-order valence-electron chi connectivity index (χ4n) is 2.13. The van der Waals surface area contributed by atoms with E-state index in [0.717, 1.165) is 29.1 Å². The standard InChI is InChI=1S/C14H12BrF2N3/c15-12-13(8-1-2-8)19-11(20-14(12)18)5-7-3-9(16)6-10(17)4-7/h3-4,6,8H,1-2,5H2,(H2,18,19,20). The zero-order valence-corrected chi connectivity index (χ0v) is 12.1. The highest BCUT2D eigenvalue weighted by Gasteiger charge is 2.29. The molecular formula is C14H12BrF2N3. The summed E-state index contributed by atoms with van der Waals surface area (Å²) in [5.74, 6) is 0.0593. The minimum Gasteiger partial charge on any atom is -0.383 e. The second kappa shape index (κ2) is 5.09. The zero-order chi connectivity index (χ0) is 14.3. The van der Waals surface area contributed by atoms with Gasteiger partial charge in [0.05, 0.1) is 10.2 Å². The lowest BCUT2D eigenvalue weighted by atomic mass is 10.1. The largest absolute Gasteiger partial charge is 0.383 e. The van der Waals surface area contributed by atoms with Crippen molar-refractivity contribution in [3.63, 3.8) is 0 Å². The van der Waals surface area contributed by atoms with Gasteiger partial charge >= 0.3 is 0 Å². The smallest absolute Gasteiger partial charge is 0.141 e. The number of hydrogen-bond donors (Lipinski definition) is 1. The summed E-state index contributed by atoms with van der Waals surface area (Å²) in [6.45, 7) is 0. The maximum Gasteiger partial charge on any atom is 0.141 e. The van der Waals surface area contributed by atoms with Gasteiger partial charge in [0.1, 0.15) is 23.3 Å². The zero-order valence-electron chi connectivity index (χ0n) is 10.5. The molecule has 20 heavy (non-hydrogen) atoms. The van der Waals surface area contributed by atoms with Crippen molar-refractivity contribution in [3.05, 3.63) is 51.4 Å². The van der Waals surface area contributed by atoms with Crippen LogP contribution in [-0.2, 0) is 6.42 Å². The van der Waals surface area contributed by atoms with Crippen LogP contribution >= 0.6 is 15.9 Å². The second-order valence-corrected chi connectivity index (χ2v) is 5.75. The molecule has 0 atom stereocenters. The van der Waals surface area contributed by atoms with Crippen LogP contribution in [0.1, 0.15) is 35.8 Å². The van der Waals surface area contributed by atoms with E-state index in [-0.39, 0.29) is 6.42 Å². The van der Waals surface area contributed by atoms with Gasteiger partial charge in [0.2, 0.25) is 0 Å². The summed E-state index contributed by atoms with van der Waals surface area (Å²) in [6, 6.07) is 3.40. The second-order valence-electron chi connectivity index (χ2n) is 4.95. The molecule has 0 unspecified atom stereocenters. The number of halogens is 3. The monoisotopic (exact) mass is 339 g/mol. The molecule has 104 valence electrons. The number of aromatic nitrogens is 2. The summed E-state index contributed by atoms with van der Waals surface area (Å²) in [5.41, 5.74) is 7.24. The molecule has 1 aromatic heterocycles. The molecule has 1 heterocycles. The van der Waals surface area contributed by atoms with Crippen molar-refractivity contribution in [3.8, 4) is 0 Å². The minimum absolute atomic E-state index is 0.256. The number of nitrogens with zero attached hydrogens (tertiary/aromatic N) is 2. The predicted molar refractivity (Wildman–Crippen MR) is 75.3 cm³/mol. The summed E-state index contributed by atoms with van der Waals surface area (Å²) < 4.78 is 27.1. The van der Waals surface area contributed by atoms with E-state index in [1.54, 1.807) is 0 Å². The number of anilines is 1. The van der Waals surface area contributed by atoms with Crippen molar-refractivity contribution in [2.45, 2.75) is 25.2 Å². The Balaban J connectivity index is 1.94. The maximum absolute atomic E-state index is 13.2. The van der Waals surface area contributed by atoms with Crippen LogP contribution in [0, 0.1) is 11.6 Å². The number of benzene rings is 1. The van der Waals surface area contributed by atoms with Gasteiger partial charge in [-0.05, 0) is 46.5 Å². The molecule has 1 saturated carbocycles. The average molecular weight is 340 g/mol. The van der Waals surface area contributed by atoms with E-state index in [1.807, 2.05) is 0 Å². The Hall–Kier alpha value is -1.56. The molecular weight excluding hydrogens is 328 g/mol. The highest BCUT2D eigenvalue weighted by Crippen LogP contribution is 2.43. The topological polar surface area (TPSA) is 51.8 Å². The molecule has 1 fully saturated rings. The van der Waals surface area contributed by atoms with E-state index in [4.69, 9.17) is 5.73 Å². The van der Waals surface area contributed by atoms with Crippen LogP contribution in [0.25, 0.3) is 0 Å². The Labute approximate surface area is 123 Å². The van der Waals surface area contributed by atoms with Gasteiger partial charge in [0.15, 0.2) is 0 Å². The Bertz CT molecular complexity index is 651. The lowest BCUT2D eigenvalue weighted by Crippen LogP contribution is -2.06. The third-order valence-electron chi connectivity index (χ3n) is 3.20. The third-order valence-corrected chi connectivity index (χ3v) is 4.01. The predicted octanol–water partition coefficient (Wildman–Crippen LogP) is 3.57. The van der Waals surface area contributed by atoms with Gasteiger partial charge in [0.25, 0.3) is 0 Å². The Morgan fingerprint density at radius 2 is 1.80 bits per heavy atom. The highest BCUT2D eigenvalue weighted by atomic mass is 79.9. The van der Waals surface area contributed by atoms with E-state index >= 15 is 0 Å². The number of nitrogens with two attached hydrogens (primary N) is 1. The molecule has 0 spiro atoms. The van der Waals surface area contributed by atoms with Gasteiger partial charge in [-0.3, -0.25) is 0 Å². The van der Waals surface area contributed by atoms with Crippen LogP contribution in [0.4, 0.5) is 14.6 Å². The fraction of sp³-hybridized carbons (Fsp3) is 0.286. The summed E-state index contributed by atoms with van der Waals surface area (Å²) in [4.78, 5) is 8.64. The SMILES string of the molecule is Nc1nc(Cc2cc(F)cc(F)c2)nc(C2CC2)c1Br. The molecule has 0 bridgehead atoms. The summed E-state index contributed by atoms with van der Waals surface area (Å²) in [5, 5.41) is 0. The molecule has 2 aromatic rings. The van der Waals surface area contributed by atoms with Crippen LogP contribution < -0.4 is 5.73 Å². The van der Waals surface area contributed by atoms with Crippen LogP contribution in [-0.4, -0.2) is 9.97 Å². The van der Waals surface area contributed by atoms with Gasteiger partial charge < -0.3 is 5.73 Å². The Kier molecular flexibility index (Phi) is 3.41. The van der Waals surface area contributed by atoms with Crippen molar-refractivity contribution in [2.75, 3.05) is 5.73 Å². The maximum atomic E-state index is 13.2. The summed E-state index contributed by atoms with van der Waals surface area (Å²) >= 11 is 3.39. The Morgan fingerprint density at radius 1 is 1.15 bits per heavy atom. The molecule has 1 aromatic carbocycles. The van der Waals surface area contributed by atoms with Gasteiger partial charge in [0, 0.05) is 18.4 Å².